The highest BCUT2D eigenvalue weighted by molar-refractivity contribution is 5.88. The van der Waals surface area contributed by atoms with Crippen molar-refractivity contribution in [1.82, 2.24) is 14.9 Å². The van der Waals surface area contributed by atoms with E-state index in [2.05, 4.69) is 27.0 Å². The van der Waals surface area contributed by atoms with E-state index in [1.54, 1.807) is 13.2 Å². The Labute approximate surface area is 200 Å². The standard InChI is InChI=1S/C17H21N3O2.C6H8O7/c1-12-18-16(9-17(21)19-12)14-6-7-20(11-14)10-13-4-3-5-15(8-13)22-2;7-3(8)1-6(13,5(11)12)2-4(9)10/h3-5,8-9,14H,6-7,10-11H2,1-2H3,(H,18,19,21);13H,1-2H2,(H,7,8)(H,9,10)(H,11,12). The third-order valence-corrected chi connectivity index (χ3v) is 5.40. The molecule has 35 heavy (non-hydrogen) atoms. The van der Waals surface area contributed by atoms with Gasteiger partial charge in [-0.15, -0.1) is 0 Å². The molecule has 0 radical (unpaired) electrons. The zero-order chi connectivity index (χ0) is 26.2. The van der Waals surface area contributed by atoms with Crippen molar-refractivity contribution < 1.29 is 39.5 Å². The topological polar surface area (TPSA) is 190 Å². The van der Waals surface area contributed by atoms with Gasteiger partial charge in [0.25, 0.3) is 5.56 Å². The normalized spacial score (nSPS) is 15.7. The van der Waals surface area contributed by atoms with Gasteiger partial charge < -0.3 is 30.1 Å². The number of hydrogen-bond donors (Lipinski definition) is 5. The van der Waals surface area contributed by atoms with Crippen LogP contribution in [0.15, 0.2) is 35.1 Å². The highest BCUT2D eigenvalue weighted by atomic mass is 16.5. The Morgan fingerprint density at radius 3 is 2.37 bits per heavy atom. The summed E-state index contributed by atoms with van der Waals surface area (Å²) in [7, 11) is 1.69. The lowest BCUT2D eigenvalue weighted by atomic mass is 9.96. The van der Waals surface area contributed by atoms with Gasteiger partial charge in [0.2, 0.25) is 0 Å². The lowest BCUT2D eigenvalue weighted by Crippen LogP contribution is -2.42. The molecule has 5 N–H and O–H groups in total. The lowest BCUT2D eigenvalue weighted by molar-refractivity contribution is -0.170. The van der Waals surface area contributed by atoms with Gasteiger partial charge in [-0.25, -0.2) is 9.78 Å². The van der Waals surface area contributed by atoms with Gasteiger partial charge in [-0.05, 0) is 37.6 Å². The van der Waals surface area contributed by atoms with Crippen molar-refractivity contribution in [1.29, 1.82) is 0 Å². The molecule has 1 fully saturated rings. The SMILES string of the molecule is COc1cccc(CN2CCC(c3cc(=O)[nH]c(C)n3)C2)c1.O=C(O)CC(O)(CC(=O)O)C(=O)O. The Bertz CT molecular complexity index is 1100. The van der Waals surface area contributed by atoms with E-state index in [9.17, 15) is 19.2 Å². The number of likely N-dealkylation sites (tertiary alicyclic amines) is 1. The van der Waals surface area contributed by atoms with Crippen molar-refractivity contribution >= 4 is 17.9 Å². The van der Waals surface area contributed by atoms with Gasteiger partial charge in [0.15, 0.2) is 5.60 Å². The first-order valence-corrected chi connectivity index (χ1v) is 10.7. The van der Waals surface area contributed by atoms with E-state index >= 15 is 0 Å². The summed E-state index contributed by atoms with van der Waals surface area (Å²) in [6, 6.07) is 9.80. The van der Waals surface area contributed by atoms with Crippen LogP contribution in [-0.4, -0.2) is 79.0 Å². The van der Waals surface area contributed by atoms with Crippen molar-refractivity contribution in [3.63, 3.8) is 0 Å². The van der Waals surface area contributed by atoms with Gasteiger partial charge in [-0.3, -0.25) is 19.3 Å². The molecule has 12 heteroatoms. The van der Waals surface area contributed by atoms with Gasteiger partial charge in [-0.2, -0.15) is 0 Å². The molecule has 0 aliphatic carbocycles. The molecule has 0 bridgehead atoms. The number of carboxylic acids is 3. The number of rotatable bonds is 9. The molecule has 1 atom stereocenters. The number of nitrogens with zero attached hydrogens (tertiary/aromatic N) is 2. The lowest BCUT2D eigenvalue weighted by Gasteiger charge is -2.18. The number of nitrogens with one attached hydrogen (secondary N) is 1. The summed E-state index contributed by atoms with van der Waals surface area (Å²) in [5, 5.41) is 33.8. The minimum absolute atomic E-state index is 0.0613. The van der Waals surface area contributed by atoms with Gasteiger partial charge >= 0.3 is 17.9 Å². The van der Waals surface area contributed by atoms with Gasteiger partial charge in [0, 0.05) is 25.1 Å². The number of benzene rings is 1. The number of carboxylic acid groups (broad SMARTS) is 3. The highest BCUT2D eigenvalue weighted by Crippen LogP contribution is 2.27. The quantitative estimate of drug-likeness (QED) is 0.334. The summed E-state index contributed by atoms with van der Waals surface area (Å²) in [4.78, 5) is 51.7. The summed E-state index contributed by atoms with van der Waals surface area (Å²) in [5.41, 5.74) is -0.643. The van der Waals surface area contributed by atoms with E-state index in [0.29, 0.717) is 11.7 Å². The number of methoxy groups -OCH3 is 1. The number of hydrogen-bond acceptors (Lipinski definition) is 8. The first kappa shape index (κ1) is 27.5. The largest absolute Gasteiger partial charge is 0.497 e. The second-order valence-corrected chi connectivity index (χ2v) is 8.31. The number of aliphatic carboxylic acids is 3. The van der Waals surface area contributed by atoms with Crippen LogP contribution < -0.4 is 10.3 Å². The average Bonchev–Trinajstić information content (AvgIpc) is 3.21. The average molecular weight is 491 g/mol. The van der Waals surface area contributed by atoms with Gasteiger partial charge in [-0.1, -0.05) is 12.1 Å². The van der Waals surface area contributed by atoms with Crippen LogP contribution in [-0.2, 0) is 20.9 Å². The van der Waals surface area contributed by atoms with Crippen LogP contribution in [0.2, 0.25) is 0 Å². The molecule has 1 aliphatic heterocycles. The Balaban J connectivity index is 0.000000287. The number of ether oxygens (including phenoxy) is 1. The summed E-state index contributed by atoms with van der Waals surface area (Å²) < 4.78 is 5.27. The Kier molecular flexibility index (Phi) is 9.49. The smallest absolute Gasteiger partial charge is 0.336 e. The summed E-state index contributed by atoms with van der Waals surface area (Å²) in [6.07, 6.45) is -1.25. The van der Waals surface area contributed by atoms with Crippen LogP contribution in [0.25, 0.3) is 0 Å². The molecule has 2 heterocycles. The fourth-order valence-corrected chi connectivity index (χ4v) is 3.77. The number of aliphatic hydroxyl groups is 1. The predicted molar refractivity (Wildman–Crippen MR) is 122 cm³/mol. The predicted octanol–water partition coefficient (Wildman–Crippen LogP) is 0.828. The number of aromatic nitrogens is 2. The molecular formula is C23H29N3O9. The zero-order valence-corrected chi connectivity index (χ0v) is 19.4. The Morgan fingerprint density at radius 2 is 1.83 bits per heavy atom. The molecule has 1 aliphatic rings. The molecule has 12 nitrogen and oxygen atoms in total. The van der Waals surface area contributed by atoms with Crippen molar-refractivity contribution in [2.75, 3.05) is 20.2 Å². The summed E-state index contributed by atoms with van der Waals surface area (Å²) >= 11 is 0. The number of aryl methyl sites for hydroxylation is 1. The third kappa shape index (κ3) is 8.50. The molecule has 2 aromatic rings. The second-order valence-electron chi connectivity index (χ2n) is 8.31. The van der Waals surface area contributed by atoms with E-state index in [1.165, 1.54) is 5.56 Å². The molecule has 0 amide bonds. The van der Waals surface area contributed by atoms with E-state index in [4.69, 9.17) is 25.2 Å². The van der Waals surface area contributed by atoms with Crippen molar-refractivity contribution in [3.8, 4) is 5.75 Å². The highest BCUT2D eigenvalue weighted by Gasteiger charge is 2.40. The minimum atomic E-state index is -2.74. The molecule has 1 aromatic carbocycles. The van der Waals surface area contributed by atoms with E-state index in [1.807, 2.05) is 19.1 Å². The van der Waals surface area contributed by atoms with E-state index < -0.39 is 36.4 Å². The Hall–Kier alpha value is -3.77. The van der Waals surface area contributed by atoms with Crippen molar-refractivity contribution in [2.24, 2.45) is 0 Å². The molecule has 1 saturated heterocycles. The molecule has 1 unspecified atom stereocenters. The van der Waals surface area contributed by atoms with Crippen LogP contribution in [0.3, 0.4) is 0 Å². The molecule has 3 rings (SSSR count). The first-order chi connectivity index (χ1) is 16.4. The maximum Gasteiger partial charge on any atom is 0.336 e. The summed E-state index contributed by atoms with van der Waals surface area (Å²) in [6.45, 7) is 4.69. The third-order valence-electron chi connectivity index (χ3n) is 5.40. The van der Waals surface area contributed by atoms with Crippen LogP contribution in [0, 0.1) is 6.92 Å². The fourth-order valence-electron chi connectivity index (χ4n) is 3.77. The molecule has 0 saturated carbocycles. The molecule has 190 valence electrons. The van der Waals surface area contributed by atoms with Crippen LogP contribution >= 0.6 is 0 Å². The van der Waals surface area contributed by atoms with Crippen LogP contribution in [0.4, 0.5) is 0 Å². The number of H-pyrrole nitrogens is 1. The molecule has 0 spiro atoms. The van der Waals surface area contributed by atoms with Gasteiger partial charge in [0.1, 0.15) is 11.6 Å². The maximum atomic E-state index is 11.6. The van der Waals surface area contributed by atoms with Crippen LogP contribution in [0.5, 0.6) is 5.75 Å². The molecule has 1 aromatic heterocycles. The maximum absolute atomic E-state index is 11.6. The zero-order valence-electron chi connectivity index (χ0n) is 19.4. The summed E-state index contributed by atoms with van der Waals surface area (Å²) in [5.74, 6) is -3.10. The van der Waals surface area contributed by atoms with E-state index in [0.717, 1.165) is 37.5 Å². The molecular weight excluding hydrogens is 462 g/mol. The first-order valence-electron chi connectivity index (χ1n) is 10.7. The van der Waals surface area contributed by atoms with Crippen molar-refractivity contribution in [3.05, 3.63) is 57.8 Å². The van der Waals surface area contributed by atoms with E-state index in [-0.39, 0.29) is 5.56 Å². The van der Waals surface area contributed by atoms with Crippen LogP contribution in [0.1, 0.15) is 42.3 Å². The van der Waals surface area contributed by atoms with Crippen molar-refractivity contribution in [2.45, 2.75) is 44.2 Å². The number of carbonyl (C=O) groups is 3. The number of aromatic amines is 1. The monoisotopic (exact) mass is 491 g/mol. The second kappa shape index (κ2) is 12.1. The Morgan fingerprint density at radius 1 is 1.17 bits per heavy atom. The minimum Gasteiger partial charge on any atom is -0.497 e. The fraction of sp³-hybridized carbons (Fsp3) is 0.435. The van der Waals surface area contributed by atoms with Gasteiger partial charge in [0.05, 0.1) is 25.6 Å².